The normalized spacial score (nSPS) is 13.5. The molecular weight excluding hydrogens is 283 g/mol. The summed E-state index contributed by atoms with van der Waals surface area (Å²) in [6.07, 6.45) is -4.43. The van der Waals surface area contributed by atoms with E-state index in [1.54, 1.807) is 6.92 Å². The van der Waals surface area contributed by atoms with Crippen molar-refractivity contribution in [3.05, 3.63) is 34.4 Å². The fraction of sp³-hybridized carbons (Fsp3) is 0.533. The molecule has 3 nitrogen and oxygen atoms in total. The highest BCUT2D eigenvalue weighted by Crippen LogP contribution is 2.30. The van der Waals surface area contributed by atoms with Crippen molar-refractivity contribution >= 4 is 5.97 Å². The van der Waals surface area contributed by atoms with E-state index in [1.165, 1.54) is 0 Å². The van der Waals surface area contributed by atoms with Gasteiger partial charge in [-0.2, -0.15) is 13.2 Å². The number of carbonyl (C=O) groups is 1. The Hall–Kier alpha value is -1.56. The summed E-state index contributed by atoms with van der Waals surface area (Å²) in [4.78, 5) is 11.8. The highest BCUT2D eigenvalue weighted by molar-refractivity contribution is 5.69. The summed E-state index contributed by atoms with van der Waals surface area (Å²) in [5.74, 6) is -1.27. The van der Waals surface area contributed by atoms with Gasteiger partial charge in [-0.25, -0.2) is 0 Å². The van der Waals surface area contributed by atoms with Crippen LogP contribution in [0.4, 0.5) is 13.2 Å². The SMILES string of the molecule is Cc1cc(C)c(C(C)N(CC(=O)O)CC(F)(F)F)c(C)c1. The van der Waals surface area contributed by atoms with Crippen molar-refractivity contribution < 1.29 is 23.1 Å². The van der Waals surface area contributed by atoms with Crippen LogP contribution in [-0.2, 0) is 4.79 Å². The van der Waals surface area contributed by atoms with Gasteiger partial charge in [-0.15, -0.1) is 0 Å². The molecule has 1 rings (SSSR count). The second-order valence-electron chi connectivity index (χ2n) is 5.40. The molecule has 0 saturated carbocycles. The number of benzene rings is 1. The van der Waals surface area contributed by atoms with Crippen molar-refractivity contribution in [1.29, 1.82) is 0 Å². The van der Waals surface area contributed by atoms with Crippen LogP contribution < -0.4 is 0 Å². The third-order valence-corrected chi connectivity index (χ3v) is 3.42. The molecule has 1 atom stereocenters. The largest absolute Gasteiger partial charge is 0.480 e. The highest BCUT2D eigenvalue weighted by Gasteiger charge is 2.34. The van der Waals surface area contributed by atoms with Gasteiger partial charge in [-0.3, -0.25) is 9.69 Å². The Labute approximate surface area is 122 Å². The lowest BCUT2D eigenvalue weighted by Crippen LogP contribution is -2.40. The maximum atomic E-state index is 12.7. The fourth-order valence-corrected chi connectivity index (χ4v) is 2.77. The topological polar surface area (TPSA) is 40.5 Å². The average Bonchev–Trinajstić information content (AvgIpc) is 2.23. The molecule has 1 aromatic carbocycles. The molecule has 1 aromatic rings. The van der Waals surface area contributed by atoms with Crippen LogP contribution in [0.5, 0.6) is 0 Å². The van der Waals surface area contributed by atoms with Crippen LogP contribution in [0, 0.1) is 20.8 Å². The molecule has 1 N–H and O–H groups in total. The minimum absolute atomic E-state index is 0.622. The van der Waals surface area contributed by atoms with Gasteiger partial charge in [0.15, 0.2) is 0 Å². The van der Waals surface area contributed by atoms with Gasteiger partial charge in [-0.1, -0.05) is 17.7 Å². The molecule has 6 heteroatoms. The molecule has 0 aromatic heterocycles. The third kappa shape index (κ3) is 5.04. The Morgan fingerprint density at radius 2 is 1.71 bits per heavy atom. The summed E-state index contributed by atoms with van der Waals surface area (Å²) in [5, 5.41) is 8.85. The van der Waals surface area contributed by atoms with Gasteiger partial charge in [-0.05, 0) is 44.4 Å². The van der Waals surface area contributed by atoms with Gasteiger partial charge < -0.3 is 5.11 Å². The molecule has 0 aliphatic heterocycles. The van der Waals surface area contributed by atoms with E-state index in [0.29, 0.717) is 0 Å². The Morgan fingerprint density at radius 1 is 1.24 bits per heavy atom. The average molecular weight is 303 g/mol. The summed E-state index contributed by atoms with van der Waals surface area (Å²) in [6, 6.07) is 3.17. The predicted molar refractivity (Wildman–Crippen MR) is 74.3 cm³/mol. The number of hydrogen-bond donors (Lipinski definition) is 1. The first-order valence-electron chi connectivity index (χ1n) is 6.61. The minimum Gasteiger partial charge on any atom is -0.480 e. The molecule has 0 amide bonds. The number of hydrogen-bond acceptors (Lipinski definition) is 2. The lowest BCUT2D eigenvalue weighted by molar-refractivity contribution is -0.158. The van der Waals surface area contributed by atoms with Crippen LogP contribution >= 0.6 is 0 Å². The van der Waals surface area contributed by atoms with Crippen molar-refractivity contribution in [2.45, 2.75) is 39.9 Å². The standard InChI is InChI=1S/C15H20F3NO2/c1-9-5-10(2)14(11(3)6-9)12(4)19(7-13(20)21)8-15(16,17)18/h5-6,12H,7-8H2,1-4H3,(H,20,21). The molecule has 0 radical (unpaired) electrons. The van der Waals surface area contributed by atoms with Crippen molar-refractivity contribution in [2.75, 3.05) is 13.1 Å². The van der Waals surface area contributed by atoms with E-state index in [-0.39, 0.29) is 0 Å². The summed E-state index contributed by atoms with van der Waals surface area (Å²) < 4.78 is 38.0. The molecule has 0 saturated heterocycles. The van der Waals surface area contributed by atoms with Crippen LogP contribution in [0.1, 0.15) is 35.2 Å². The molecule has 0 aliphatic carbocycles. The highest BCUT2D eigenvalue weighted by atomic mass is 19.4. The van der Waals surface area contributed by atoms with Crippen LogP contribution in [0.15, 0.2) is 12.1 Å². The number of aliphatic carboxylic acids is 1. The first-order chi connectivity index (χ1) is 9.51. The maximum absolute atomic E-state index is 12.7. The molecule has 0 aliphatic rings. The van der Waals surface area contributed by atoms with Crippen LogP contribution in [-0.4, -0.2) is 35.2 Å². The van der Waals surface area contributed by atoms with Crippen LogP contribution in [0.25, 0.3) is 0 Å². The number of alkyl halides is 3. The van der Waals surface area contributed by atoms with E-state index >= 15 is 0 Å². The fourth-order valence-electron chi connectivity index (χ4n) is 2.77. The summed E-state index contributed by atoms with van der Waals surface area (Å²) in [5.41, 5.74) is 3.53. The van der Waals surface area contributed by atoms with E-state index in [0.717, 1.165) is 27.2 Å². The Kier molecular flexibility index (Phi) is 5.39. The Bertz CT molecular complexity index is 503. The number of rotatable bonds is 5. The number of carboxylic acids is 1. The summed E-state index contributed by atoms with van der Waals surface area (Å²) in [6.45, 7) is 5.30. The maximum Gasteiger partial charge on any atom is 0.401 e. The van der Waals surface area contributed by atoms with Gasteiger partial charge in [0, 0.05) is 6.04 Å². The van der Waals surface area contributed by atoms with Gasteiger partial charge in [0.05, 0.1) is 13.1 Å². The minimum atomic E-state index is -4.43. The first kappa shape index (κ1) is 17.5. The summed E-state index contributed by atoms with van der Waals surface area (Å²) >= 11 is 0. The molecule has 0 heterocycles. The van der Waals surface area contributed by atoms with Gasteiger partial charge in [0.2, 0.25) is 0 Å². The molecule has 1 unspecified atom stereocenters. The monoisotopic (exact) mass is 303 g/mol. The Balaban J connectivity index is 3.16. The van der Waals surface area contributed by atoms with Gasteiger partial charge in [0.1, 0.15) is 0 Å². The molecule has 118 valence electrons. The summed E-state index contributed by atoms with van der Waals surface area (Å²) in [7, 11) is 0. The van der Waals surface area contributed by atoms with E-state index in [4.69, 9.17) is 5.11 Å². The molecular formula is C15H20F3NO2. The second kappa shape index (κ2) is 6.47. The van der Waals surface area contributed by atoms with Crippen LogP contribution in [0.3, 0.4) is 0 Å². The number of aryl methyl sites for hydroxylation is 3. The van der Waals surface area contributed by atoms with Crippen LogP contribution in [0.2, 0.25) is 0 Å². The zero-order chi connectivity index (χ0) is 16.4. The van der Waals surface area contributed by atoms with Crippen molar-refractivity contribution in [2.24, 2.45) is 0 Å². The quantitative estimate of drug-likeness (QED) is 0.903. The number of halogens is 3. The second-order valence-corrected chi connectivity index (χ2v) is 5.40. The molecule has 21 heavy (non-hydrogen) atoms. The van der Waals surface area contributed by atoms with E-state index in [9.17, 15) is 18.0 Å². The third-order valence-electron chi connectivity index (χ3n) is 3.42. The van der Waals surface area contributed by atoms with E-state index in [2.05, 4.69) is 0 Å². The number of nitrogens with zero attached hydrogens (tertiary/aromatic N) is 1. The van der Waals surface area contributed by atoms with E-state index in [1.807, 2.05) is 32.9 Å². The van der Waals surface area contributed by atoms with Crippen molar-refractivity contribution in [1.82, 2.24) is 4.90 Å². The zero-order valence-electron chi connectivity index (χ0n) is 12.6. The Morgan fingerprint density at radius 3 is 2.10 bits per heavy atom. The van der Waals surface area contributed by atoms with E-state index < -0.39 is 31.3 Å². The lowest BCUT2D eigenvalue weighted by atomic mass is 9.94. The zero-order valence-corrected chi connectivity index (χ0v) is 12.6. The smallest absolute Gasteiger partial charge is 0.401 e. The number of carboxylic acid groups (broad SMARTS) is 1. The van der Waals surface area contributed by atoms with Crippen molar-refractivity contribution in [3.63, 3.8) is 0 Å². The van der Waals surface area contributed by atoms with Gasteiger partial charge in [0.25, 0.3) is 0 Å². The van der Waals surface area contributed by atoms with Gasteiger partial charge >= 0.3 is 12.1 Å². The lowest BCUT2D eigenvalue weighted by Gasteiger charge is -2.31. The predicted octanol–water partition coefficient (Wildman–Crippen LogP) is 3.62. The molecule has 0 bridgehead atoms. The molecule has 0 fully saturated rings. The van der Waals surface area contributed by atoms with Crippen molar-refractivity contribution in [3.8, 4) is 0 Å². The molecule has 0 spiro atoms. The first-order valence-corrected chi connectivity index (χ1v) is 6.61.